The van der Waals surface area contributed by atoms with Crippen LogP contribution in [0.2, 0.25) is 0 Å². The lowest BCUT2D eigenvalue weighted by Gasteiger charge is -2.11. The van der Waals surface area contributed by atoms with Gasteiger partial charge in [-0.25, -0.2) is 9.37 Å². The molecule has 0 saturated carbocycles. The molecule has 5 heteroatoms. The van der Waals surface area contributed by atoms with Crippen molar-refractivity contribution in [1.82, 2.24) is 10.3 Å². The molecular weight excluding hydrogens is 287 g/mol. The number of benzene rings is 1. The Morgan fingerprint density at radius 1 is 1.29 bits per heavy atom. The van der Waals surface area contributed by atoms with E-state index in [4.69, 9.17) is 4.74 Å². The standard InChI is InChI=1S/C16H19FN2OS/c1-3-9-18-11-12-8-10-19-16(15(12)17)20-13-6-4-5-7-14(13)21-2/h4-8,10,18H,3,9,11H2,1-2H3. The number of pyridine rings is 1. The molecule has 0 unspecified atom stereocenters. The summed E-state index contributed by atoms with van der Waals surface area (Å²) in [6.45, 7) is 3.40. The van der Waals surface area contributed by atoms with Gasteiger partial charge in [-0.1, -0.05) is 19.1 Å². The van der Waals surface area contributed by atoms with E-state index in [9.17, 15) is 4.39 Å². The Morgan fingerprint density at radius 2 is 2.10 bits per heavy atom. The van der Waals surface area contributed by atoms with Crippen LogP contribution >= 0.6 is 11.8 Å². The minimum Gasteiger partial charge on any atom is -0.435 e. The van der Waals surface area contributed by atoms with Gasteiger partial charge in [-0.3, -0.25) is 0 Å². The number of rotatable bonds is 7. The molecule has 0 aliphatic heterocycles. The fourth-order valence-corrected chi connectivity index (χ4v) is 2.40. The molecule has 0 aliphatic carbocycles. The molecule has 1 heterocycles. The van der Waals surface area contributed by atoms with Crippen LogP contribution in [0.5, 0.6) is 11.6 Å². The quantitative estimate of drug-likeness (QED) is 0.613. The zero-order valence-corrected chi connectivity index (χ0v) is 13.0. The molecule has 0 spiro atoms. The maximum absolute atomic E-state index is 14.4. The van der Waals surface area contributed by atoms with Crippen LogP contribution in [-0.4, -0.2) is 17.8 Å². The van der Waals surface area contributed by atoms with Crippen LogP contribution in [0.4, 0.5) is 4.39 Å². The van der Waals surface area contributed by atoms with E-state index in [1.165, 1.54) is 0 Å². The summed E-state index contributed by atoms with van der Waals surface area (Å²) in [5.41, 5.74) is 0.565. The predicted molar refractivity (Wildman–Crippen MR) is 84.5 cm³/mol. The van der Waals surface area contributed by atoms with E-state index in [0.29, 0.717) is 17.9 Å². The molecule has 0 saturated heterocycles. The third-order valence-electron chi connectivity index (χ3n) is 2.96. The van der Waals surface area contributed by atoms with Gasteiger partial charge in [-0.05, 0) is 37.4 Å². The Balaban J connectivity index is 2.18. The van der Waals surface area contributed by atoms with Crippen molar-refractivity contribution in [2.75, 3.05) is 12.8 Å². The highest BCUT2D eigenvalue weighted by Gasteiger charge is 2.13. The molecule has 0 fully saturated rings. The molecule has 21 heavy (non-hydrogen) atoms. The maximum atomic E-state index is 14.4. The van der Waals surface area contributed by atoms with Crippen molar-refractivity contribution in [2.45, 2.75) is 24.8 Å². The largest absolute Gasteiger partial charge is 0.435 e. The number of nitrogens with one attached hydrogen (secondary N) is 1. The number of halogens is 1. The Kier molecular flexibility index (Phi) is 6.02. The molecule has 1 N–H and O–H groups in total. The first-order valence-electron chi connectivity index (χ1n) is 6.91. The highest BCUT2D eigenvalue weighted by atomic mass is 32.2. The fourth-order valence-electron chi connectivity index (χ4n) is 1.88. The van der Waals surface area contributed by atoms with E-state index < -0.39 is 5.82 Å². The minimum absolute atomic E-state index is 0.0206. The van der Waals surface area contributed by atoms with Gasteiger partial charge < -0.3 is 10.1 Å². The molecule has 1 aromatic carbocycles. The third-order valence-corrected chi connectivity index (χ3v) is 3.73. The van der Waals surface area contributed by atoms with Gasteiger partial charge in [-0.15, -0.1) is 11.8 Å². The second-order valence-electron chi connectivity index (χ2n) is 4.52. The van der Waals surface area contributed by atoms with Crippen molar-refractivity contribution in [2.24, 2.45) is 0 Å². The van der Waals surface area contributed by atoms with E-state index in [1.54, 1.807) is 24.0 Å². The summed E-state index contributed by atoms with van der Waals surface area (Å²) in [6.07, 6.45) is 4.54. The number of hydrogen-bond acceptors (Lipinski definition) is 4. The average Bonchev–Trinajstić information content (AvgIpc) is 2.51. The molecule has 0 bridgehead atoms. The average molecular weight is 306 g/mol. The van der Waals surface area contributed by atoms with E-state index in [-0.39, 0.29) is 5.88 Å². The molecule has 0 atom stereocenters. The van der Waals surface area contributed by atoms with Gasteiger partial charge in [0, 0.05) is 23.2 Å². The Morgan fingerprint density at radius 3 is 2.86 bits per heavy atom. The van der Waals surface area contributed by atoms with Crippen LogP contribution in [0.25, 0.3) is 0 Å². The lowest BCUT2D eigenvalue weighted by molar-refractivity contribution is 0.410. The smallest absolute Gasteiger partial charge is 0.256 e. The Labute approximate surface area is 128 Å². The SMILES string of the molecule is CCCNCc1ccnc(Oc2ccccc2SC)c1F. The van der Waals surface area contributed by atoms with Crippen molar-refractivity contribution in [3.63, 3.8) is 0 Å². The predicted octanol–water partition coefficient (Wildman–Crippen LogP) is 4.23. The fraction of sp³-hybridized carbons (Fsp3) is 0.312. The number of aromatic nitrogens is 1. The molecule has 0 aliphatic rings. The Hall–Kier alpha value is -1.59. The lowest BCUT2D eigenvalue weighted by atomic mass is 10.2. The highest BCUT2D eigenvalue weighted by molar-refractivity contribution is 7.98. The first kappa shape index (κ1) is 15.8. The van der Waals surface area contributed by atoms with E-state index in [2.05, 4.69) is 17.2 Å². The zero-order valence-electron chi connectivity index (χ0n) is 12.2. The van der Waals surface area contributed by atoms with E-state index in [0.717, 1.165) is 17.9 Å². The van der Waals surface area contributed by atoms with Crippen LogP contribution in [0, 0.1) is 5.82 Å². The van der Waals surface area contributed by atoms with Crippen molar-refractivity contribution >= 4 is 11.8 Å². The maximum Gasteiger partial charge on any atom is 0.256 e. The summed E-state index contributed by atoms with van der Waals surface area (Å²) >= 11 is 1.55. The van der Waals surface area contributed by atoms with E-state index in [1.807, 2.05) is 30.5 Å². The summed E-state index contributed by atoms with van der Waals surface area (Å²) in [4.78, 5) is 4.96. The summed E-state index contributed by atoms with van der Waals surface area (Å²) < 4.78 is 20.0. The van der Waals surface area contributed by atoms with Crippen LogP contribution in [0.1, 0.15) is 18.9 Å². The third kappa shape index (κ3) is 4.19. The molecule has 0 radical (unpaired) electrons. The highest BCUT2D eigenvalue weighted by Crippen LogP contribution is 2.31. The molecule has 1 aromatic heterocycles. The monoisotopic (exact) mass is 306 g/mol. The molecule has 112 valence electrons. The van der Waals surface area contributed by atoms with Crippen LogP contribution in [0.3, 0.4) is 0 Å². The number of para-hydroxylation sites is 1. The number of hydrogen-bond donors (Lipinski definition) is 1. The van der Waals surface area contributed by atoms with Gasteiger partial charge in [0.15, 0.2) is 5.82 Å². The molecule has 2 aromatic rings. The second kappa shape index (κ2) is 8.00. The molecule has 2 rings (SSSR count). The first-order valence-corrected chi connectivity index (χ1v) is 8.13. The van der Waals surface area contributed by atoms with Gasteiger partial charge in [0.05, 0.1) is 0 Å². The summed E-state index contributed by atoms with van der Waals surface area (Å²) in [5, 5.41) is 3.18. The molecular formula is C16H19FN2OS. The summed E-state index contributed by atoms with van der Waals surface area (Å²) in [7, 11) is 0. The normalized spacial score (nSPS) is 10.6. The zero-order chi connectivity index (χ0) is 15.1. The van der Waals surface area contributed by atoms with Crippen molar-refractivity contribution in [3.05, 3.63) is 47.9 Å². The van der Waals surface area contributed by atoms with E-state index >= 15 is 0 Å². The van der Waals surface area contributed by atoms with Gasteiger partial charge in [0.1, 0.15) is 5.75 Å². The van der Waals surface area contributed by atoms with Crippen LogP contribution in [-0.2, 0) is 6.54 Å². The van der Waals surface area contributed by atoms with Gasteiger partial charge in [-0.2, -0.15) is 0 Å². The van der Waals surface area contributed by atoms with Crippen LogP contribution in [0.15, 0.2) is 41.4 Å². The van der Waals surface area contributed by atoms with Gasteiger partial charge >= 0.3 is 0 Å². The van der Waals surface area contributed by atoms with Crippen molar-refractivity contribution in [1.29, 1.82) is 0 Å². The summed E-state index contributed by atoms with van der Waals surface area (Å²) in [5.74, 6) is 0.236. The second-order valence-corrected chi connectivity index (χ2v) is 5.37. The summed E-state index contributed by atoms with van der Waals surface area (Å²) in [6, 6.07) is 9.21. The van der Waals surface area contributed by atoms with Gasteiger partial charge in [0.25, 0.3) is 5.88 Å². The molecule has 0 amide bonds. The van der Waals surface area contributed by atoms with Crippen LogP contribution < -0.4 is 10.1 Å². The van der Waals surface area contributed by atoms with Crippen molar-refractivity contribution < 1.29 is 9.13 Å². The van der Waals surface area contributed by atoms with Gasteiger partial charge in [0.2, 0.25) is 0 Å². The number of thioether (sulfide) groups is 1. The first-order chi connectivity index (χ1) is 10.3. The number of ether oxygens (including phenoxy) is 1. The van der Waals surface area contributed by atoms with Crippen molar-refractivity contribution in [3.8, 4) is 11.6 Å². The lowest BCUT2D eigenvalue weighted by Crippen LogP contribution is -2.15. The number of nitrogens with zero attached hydrogens (tertiary/aromatic N) is 1. The molecule has 3 nitrogen and oxygen atoms in total. The minimum atomic E-state index is -0.406. The topological polar surface area (TPSA) is 34.2 Å². The Bertz CT molecular complexity index is 592.